The van der Waals surface area contributed by atoms with Gasteiger partial charge in [-0.05, 0) is 45.6 Å². The molecule has 4 rings (SSSR count). The number of benzene rings is 2. The molecule has 0 saturated carbocycles. The maximum absolute atomic E-state index is 14.1. The highest BCUT2D eigenvalue weighted by Crippen LogP contribution is 2.50. The van der Waals surface area contributed by atoms with Crippen LogP contribution in [0.5, 0.6) is 0 Å². The van der Waals surface area contributed by atoms with Crippen molar-refractivity contribution in [3.63, 3.8) is 0 Å². The Morgan fingerprint density at radius 2 is 1.82 bits per heavy atom. The van der Waals surface area contributed by atoms with E-state index in [1.54, 1.807) is 12.1 Å². The fourth-order valence-corrected chi connectivity index (χ4v) is 5.06. The van der Waals surface area contributed by atoms with E-state index in [-0.39, 0.29) is 5.71 Å². The molecule has 0 spiro atoms. The minimum absolute atomic E-state index is 0.129. The minimum Gasteiger partial charge on any atom is -0.374 e. The molecule has 2 aromatic carbocycles. The fourth-order valence-electron chi connectivity index (χ4n) is 3.12. The second-order valence-electron chi connectivity index (χ2n) is 6.14. The lowest BCUT2D eigenvalue weighted by Gasteiger charge is -2.29. The highest BCUT2D eigenvalue weighted by atomic mass is 79.9. The van der Waals surface area contributed by atoms with Crippen molar-refractivity contribution in [2.24, 2.45) is 5.16 Å². The van der Waals surface area contributed by atoms with Crippen molar-refractivity contribution in [1.82, 2.24) is 0 Å². The van der Waals surface area contributed by atoms with Gasteiger partial charge in [0, 0.05) is 32.1 Å². The van der Waals surface area contributed by atoms with Crippen molar-refractivity contribution in [3.05, 3.63) is 67.2 Å². The minimum atomic E-state index is -4.84. The van der Waals surface area contributed by atoms with Gasteiger partial charge in [0.15, 0.2) is 5.82 Å². The van der Waals surface area contributed by atoms with Crippen LogP contribution in [-0.2, 0) is 10.4 Å². The second-order valence-corrected chi connectivity index (χ2v) is 8.73. The Hall–Kier alpha value is -1.35. The summed E-state index contributed by atoms with van der Waals surface area (Å²) in [6, 6.07) is 6.98. The Bertz CT molecular complexity index is 1110. The first kappa shape index (κ1) is 19.9. The maximum atomic E-state index is 14.1. The van der Waals surface area contributed by atoms with Crippen LogP contribution in [0.3, 0.4) is 0 Å². The summed E-state index contributed by atoms with van der Waals surface area (Å²) in [4.78, 5) is 4.98. The number of hydrogen-bond donors (Lipinski definition) is 0. The Kier molecular flexibility index (Phi) is 4.89. The van der Waals surface area contributed by atoms with Gasteiger partial charge >= 0.3 is 6.18 Å². The summed E-state index contributed by atoms with van der Waals surface area (Å²) in [6.07, 6.45) is -5.44. The molecule has 1 aliphatic rings. The van der Waals surface area contributed by atoms with Crippen LogP contribution >= 0.6 is 50.5 Å². The first-order valence-corrected chi connectivity index (χ1v) is 10.2. The van der Waals surface area contributed by atoms with Gasteiger partial charge in [-0.2, -0.15) is 13.2 Å². The number of rotatable bonds is 2. The van der Waals surface area contributed by atoms with Gasteiger partial charge < -0.3 is 4.84 Å². The zero-order valence-corrected chi connectivity index (χ0v) is 17.5. The van der Waals surface area contributed by atoms with E-state index in [4.69, 9.17) is 28.0 Å². The first-order valence-electron chi connectivity index (χ1n) is 7.77. The Morgan fingerprint density at radius 3 is 2.46 bits per heavy atom. The van der Waals surface area contributed by atoms with Crippen LogP contribution in [0.1, 0.15) is 17.5 Å². The van der Waals surface area contributed by atoms with Crippen molar-refractivity contribution in [1.29, 1.82) is 0 Å². The fraction of sp³-hybridized carbons (Fsp3) is 0.167. The Balaban J connectivity index is 1.83. The molecule has 0 fully saturated rings. The third-order valence-electron chi connectivity index (χ3n) is 4.52. The summed E-state index contributed by atoms with van der Waals surface area (Å²) in [5.41, 5.74) is -2.55. The molecule has 0 amide bonds. The summed E-state index contributed by atoms with van der Waals surface area (Å²) in [7, 11) is 0. The third kappa shape index (κ3) is 3.01. The molecule has 3 aromatic rings. The van der Waals surface area contributed by atoms with E-state index < -0.39 is 39.6 Å². The van der Waals surface area contributed by atoms with Crippen LogP contribution in [-0.4, -0.2) is 11.9 Å². The van der Waals surface area contributed by atoms with Crippen molar-refractivity contribution in [2.45, 2.75) is 18.2 Å². The summed E-state index contributed by atoms with van der Waals surface area (Å²) < 4.78 is 57.7. The summed E-state index contributed by atoms with van der Waals surface area (Å²) in [5, 5.41) is 5.31. The standard InChI is InChI=1S/C18H8BrCl2F4NOS/c19-11-2-1-9(10-3-4-28-16(10)11)14-7-17(27-26-14,18(23,24)25)8-5-12(20)15(22)13(21)6-8/h1-6H,7H2. The van der Waals surface area contributed by atoms with E-state index in [9.17, 15) is 17.6 Å². The molecular formula is C18H8BrCl2F4NOS. The first-order chi connectivity index (χ1) is 13.1. The SMILES string of the molecule is Fc1c(Cl)cc(C2(C(F)(F)F)CC(c3ccc(Br)c4sccc34)=NO2)cc1Cl. The average Bonchev–Trinajstić information content (AvgIpc) is 3.27. The van der Waals surface area contributed by atoms with Crippen molar-refractivity contribution in [3.8, 4) is 0 Å². The number of oxime groups is 1. The molecular weight excluding hydrogens is 505 g/mol. The number of hydrogen-bond acceptors (Lipinski definition) is 3. The van der Waals surface area contributed by atoms with Crippen LogP contribution in [0.25, 0.3) is 10.1 Å². The molecule has 0 saturated heterocycles. The molecule has 1 aromatic heterocycles. The van der Waals surface area contributed by atoms with Gasteiger partial charge in [0.25, 0.3) is 5.60 Å². The summed E-state index contributed by atoms with van der Waals surface area (Å²) >= 11 is 16.3. The highest BCUT2D eigenvalue weighted by Gasteiger charge is 2.62. The summed E-state index contributed by atoms with van der Waals surface area (Å²) in [6.45, 7) is 0. The molecule has 10 heteroatoms. The number of nitrogens with zero attached hydrogens (tertiary/aromatic N) is 1. The van der Waals surface area contributed by atoms with Crippen molar-refractivity contribution >= 4 is 66.3 Å². The Labute approximate surface area is 178 Å². The molecule has 0 bridgehead atoms. The van der Waals surface area contributed by atoms with Gasteiger partial charge in [0.05, 0.1) is 15.8 Å². The second kappa shape index (κ2) is 6.86. The van der Waals surface area contributed by atoms with E-state index in [2.05, 4.69) is 21.1 Å². The van der Waals surface area contributed by atoms with E-state index in [0.29, 0.717) is 5.56 Å². The largest absolute Gasteiger partial charge is 0.435 e. The zero-order valence-electron chi connectivity index (χ0n) is 13.6. The monoisotopic (exact) mass is 511 g/mol. The molecule has 0 radical (unpaired) electrons. The van der Waals surface area contributed by atoms with Crippen LogP contribution in [0.15, 0.2) is 45.3 Å². The lowest BCUT2D eigenvalue weighted by molar-refractivity contribution is -0.275. The van der Waals surface area contributed by atoms with Gasteiger partial charge in [-0.1, -0.05) is 34.4 Å². The van der Waals surface area contributed by atoms with Gasteiger partial charge in [-0.15, -0.1) is 11.3 Å². The van der Waals surface area contributed by atoms with Gasteiger partial charge in [-0.25, -0.2) is 4.39 Å². The topological polar surface area (TPSA) is 21.6 Å². The molecule has 28 heavy (non-hydrogen) atoms. The quantitative estimate of drug-likeness (QED) is 0.255. The smallest absolute Gasteiger partial charge is 0.374 e. The molecule has 0 aliphatic carbocycles. The highest BCUT2D eigenvalue weighted by molar-refractivity contribution is 9.10. The number of alkyl halides is 3. The van der Waals surface area contributed by atoms with Crippen LogP contribution < -0.4 is 0 Å². The van der Waals surface area contributed by atoms with E-state index >= 15 is 0 Å². The van der Waals surface area contributed by atoms with E-state index in [0.717, 1.165) is 26.7 Å². The van der Waals surface area contributed by atoms with Crippen molar-refractivity contribution in [2.75, 3.05) is 0 Å². The number of thiophene rings is 1. The van der Waals surface area contributed by atoms with Crippen LogP contribution in [0.4, 0.5) is 17.6 Å². The van der Waals surface area contributed by atoms with Gasteiger partial charge in [0.2, 0.25) is 0 Å². The normalized spacial score (nSPS) is 19.8. The maximum Gasteiger partial charge on any atom is 0.435 e. The van der Waals surface area contributed by atoms with E-state index in [1.165, 1.54) is 11.3 Å². The van der Waals surface area contributed by atoms with E-state index in [1.807, 2.05) is 11.4 Å². The summed E-state index contributed by atoms with van der Waals surface area (Å²) in [5.74, 6) is -0.989. The van der Waals surface area contributed by atoms with Gasteiger partial charge in [-0.3, -0.25) is 0 Å². The zero-order chi connectivity index (χ0) is 20.3. The lowest BCUT2D eigenvalue weighted by atomic mass is 9.86. The van der Waals surface area contributed by atoms with Gasteiger partial charge in [0.1, 0.15) is 0 Å². The van der Waals surface area contributed by atoms with Crippen LogP contribution in [0, 0.1) is 5.82 Å². The van der Waals surface area contributed by atoms with Crippen molar-refractivity contribution < 1.29 is 22.4 Å². The predicted molar refractivity (Wildman–Crippen MR) is 106 cm³/mol. The molecule has 1 unspecified atom stereocenters. The molecule has 2 nitrogen and oxygen atoms in total. The average molecular weight is 513 g/mol. The molecule has 1 aliphatic heterocycles. The molecule has 2 heterocycles. The predicted octanol–water partition coefficient (Wildman–Crippen LogP) is 7.69. The van der Waals surface area contributed by atoms with Crippen LogP contribution in [0.2, 0.25) is 10.0 Å². The Morgan fingerprint density at radius 1 is 1.14 bits per heavy atom. The molecule has 1 atom stereocenters. The molecule has 146 valence electrons. The number of halogens is 7. The molecule has 0 N–H and O–H groups in total. The lowest BCUT2D eigenvalue weighted by Crippen LogP contribution is -2.42. The third-order valence-corrected chi connectivity index (χ3v) is 6.94. The number of fused-ring (bicyclic) bond motifs is 1.